The van der Waals surface area contributed by atoms with Crippen molar-refractivity contribution in [3.05, 3.63) is 495 Å². The van der Waals surface area contributed by atoms with Crippen LogP contribution in [0.2, 0.25) is 0 Å². The molecule has 0 saturated carbocycles. The van der Waals surface area contributed by atoms with Crippen LogP contribution in [0.3, 0.4) is 0 Å². The van der Waals surface area contributed by atoms with Gasteiger partial charge < -0.3 is 32.5 Å². The standard InChI is InChI=1S/2C34H30N2.C34H27NO.C34H27NS/c1-34(2,3)25-18-20-28(21-19-25)36-32-17-11-10-16-30(32)31-24-29(22-23-33(31)36)35(26-12-6-4-7-13-26)27-14-8-5-9-15-27;1-34(2,3)25-18-20-28(21-19-25)36-32-17-11-10-16-30(32)31-23-22-29(24-33(31)36)35(26-12-6-4-7-13-26)27-14-8-5-9-15-27;2*1-34(2,3)23-16-18-24(19-17-23)35-30-13-6-4-9-26(30)29-21-22(15-20-31(29)35)25-11-8-12-28-27-10-5-7-14-32(27)36-33(25)28/h2*4-24H,1-3H3;2*4-21H,1-3H3. The van der Waals surface area contributed by atoms with Gasteiger partial charge in [-0.05, 0) is 249 Å². The van der Waals surface area contributed by atoms with Crippen molar-refractivity contribution in [3.63, 3.8) is 0 Å². The van der Waals surface area contributed by atoms with Gasteiger partial charge in [-0.3, -0.25) is 0 Å². The minimum absolute atomic E-state index is 0.123. The van der Waals surface area contributed by atoms with Gasteiger partial charge in [0.05, 0.1) is 44.1 Å². The molecule has 0 aliphatic carbocycles. The zero-order valence-electron chi connectivity index (χ0n) is 83.5. The second-order valence-corrected chi connectivity index (χ2v) is 43.1. The Kier molecular flexibility index (Phi) is 23.4. The molecule has 0 saturated heterocycles. The lowest BCUT2D eigenvalue weighted by atomic mass is 9.87. The summed E-state index contributed by atoms with van der Waals surface area (Å²) in [6.45, 7) is 27.1. The topological polar surface area (TPSA) is 39.3 Å². The van der Waals surface area contributed by atoms with Crippen LogP contribution in [-0.2, 0) is 21.7 Å². The van der Waals surface area contributed by atoms with Gasteiger partial charge in [0.1, 0.15) is 11.2 Å². The quantitative estimate of drug-likeness (QED) is 0.122. The molecule has 0 aliphatic rings. The Bertz CT molecular complexity index is 8880. The third-order valence-electron chi connectivity index (χ3n) is 28.6. The number of hydrogen-bond donors (Lipinski definition) is 0. The molecule has 0 amide bonds. The number of fused-ring (bicyclic) bond motifs is 18. The van der Waals surface area contributed by atoms with Crippen LogP contribution in [0.5, 0.6) is 0 Å². The number of rotatable bonds is 12. The summed E-state index contributed by atoms with van der Waals surface area (Å²) >= 11 is 1.89. The maximum atomic E-state index is 6.35. The first-order chi connectivity index (χ1) is 70.0. The van der Waals surface area contributed by atoms with E-state index in [0.29, 0.717) is 0 Å². The number of anilines is 6. The highest BCUT2D eigenvalue weighted by Crippen LogP contribution is 2.48. The SMILES string of the molecule is CC(C)(C)c1ccc(-n2c3ccccc3c3cc(-c4cccc5c4oc4ccccc45)ccc32)cc1.CC(C)(C)c1ccc(-n2c3ccccc3c3cc(-c4cccc5c4sc4ccccc45)ccc32)cc1.CC(C)(C)c1ccc(-n2c3ccccc3c3cc(N(c4ccccc4)c4ccccc4)ccc32)cc1.CC(C)(C)c1ccc(-n2c3ccccc3c3ccc(N(c4ccccc4)c4ccccc4)cc32)cc1. The normalized spacial score (nSPS) is 12.0. The number of nitrogens with zero attached hydrogens (tertiary/aromatic N) is 6. The fourth-order valence-corrected chi connectivity index (χ4v) is 22.4. The third-order valence-corrected chi connectivity index (χ3v) is 29.8. The van der Waals surface area contributed by atoms with Gasteiger partial charge in [-0.25, -0.2) is 0 Å². The molecule has 0 N–H and O–H groups in total. The minimum atomic E-state index is 0.123. The molecule has 700 valence electrons. The van der Waals surface area contributed by atoms with E-state index < -0.39 is 0 Å². The lowest BCUT2D eigenvalue weighted by molar-refractivity contribution is 0.590. The van der Waals surface area contributed by atoms with Crippen LogP contribution >= 0.6 is 11.3 Å². The van der Waals surface area contributed by atoms with Gasteiger partial charge >= 0.3 is 0 Å². The lowest BCUT2D eigenvalue weighted by Gasteiger charge is -2.25. The number of aromatic nitrogens is 4. The molecule has 0 radical (unpaired) electrons. The van der Waals surface area contributed by atoms with Crippen molar-refractivity contribution in [2.24, 2.45) is 0 Å². The molecule has 6 aromatic heterocycles. The van der Waals surface area contributed by atoms with Crippen molar-refractivity contribution < 1.29 is 4.42 Å². The molecule has 0 fully saturated rings. The zero-order valence-corrected chi connectivity index (χ0v) is 84.3. The summed E-state index contributed by atoms with van der Waals surface area (Å²) in [6, 6.07) is 171. The molecule has 26 aromatic rings. The minimum Gasteiger partial charge on any atom is -0.455 e. The first kappa shape index (κ1) is 91.0. The van der Waals surface area contributed by atoms with Crippen molar-refractivity contribution in [2.75, 3.05) is 9.80 Å². The van der Waals surface area contributed by atoms with Crippen molar-refractivity contribution in [1.29, 1.82) is 0 Å². The molecule has 0 atom stereocenters. The van der Waals surface area contributed by atoms with E-state index in [9.17, 15) is 0 Å². The Labute approximate surface area is 846 Å². The Morgan fingerprint density at radius 1 is 0.194 bits per heavy atom. The summed E-state index contributed by atoms with van der Waals surface area (Å²) in [5.74, 6) is 0. The predicted octanol–water partition coefficient (Wildman–Crippen LogP) is 38.9. The third kappa shape index (κ3) is 17.0. The highest BCUT2D eigenvalue weighted by atomic mass is 32.1. The van der Waals surface area contributed by atoms with E-state index >= 15 is 0 Å². The maximum absolute atomic E-state index is 6.35. The van der Waals surface area contributed by atoms with Crippen LogP contribution in [-0.4, -0.2) is 18.3 Å². The largest absolute Gasteiger partial charge is 0.455 e. The van der Waals surface area contributed by atoms with Crippen LogP contribution < -0.4 is 9.80 Å². The van der Waals surface area contributed by atoms with E-state index in [1.54, 1.807) is 0 Å². The summed E-state index contributed by atoms with van der Waals surface area (Å²) in [6.07, 6.45) is 0. The molecule has 8 heteroatoms. The number of furan rings is 1. The van der Waals surface area contributed by atoms with Crippen molar-refractivity contribution in [1.82, 2.24) is 18.3 Å². The van der Waals surface area contributed by atoms with Crippen LogP contribution in [0.1, 0.15) is 105 Å². The Balaban J connectivity index is 0.000000106. The zero-order chi connectivity index (χ0) is 98.3. The molecule has 0 spiro atoms. The van der Waals surface area contributed by atoms with E-state index in [2.05, 4.69) is 572 Å². The molecule has 0 aliphatic heterocycles. The van der Waals surface area contributed by atoms with E-state index in [4.69, 9.17) is 4.42 Å². The van der Waals surface area contributed by atoms with E-state index in [0.717, 1.165) is 67.2 Å². The first-order valence-electron chi connectivity index (χ1n) is 50.2. The van der Waals surface area contributed by atoms with Gasteiger partial charge in [0, 0.05) is 136 Å². The van der Waals surface area contributed by atoms with Gasteiger partial charge in [0.25, 0.3) is 0 Å². The van der Waals surface area contributed by atoms with E-state index in [-0.39, 0.29) is 21.7 Å². The van der Waals surface area contributed by atoms with Crippen LogP contribution in [0.4, 0.5) is 34.1 Å². The van der Waals surface area contributed by atoms with Gasteiger partial charge in [-0.2, -0.15) is 0 Å². The Morgan fingerprint density at radius 3 is 0.896 bits per heavy atom. The van der Waals surface area contributed by atoms with Crippen LogP contribution in [0, 0.1) is 0 Å². The molecule has 7 nitrogen and oxygen atoms in total. The summed E-state index contributed by atoms with van der Waals surface area (Å²) in [5.41, 5.74) is 34.0. The average molecular weight is 1880 g/mol. The van der Waals surface area contributed by atoms with Gasteiger partial charge in [-0.1, -0.05) is 368 Å². The number of hydrogen-bond acceptors (Lipinski definition) is 4. The van der Waals surface area contributed by atoms with Gasteiger partial charge in [-0.15, -0.1) is 11.3 Å². The predicted molar refractivity (Wildman–Crippen MR) is 618 cm³/mol. The number of thiophene rings is 1. The molecule has 20 aromatic carbocycles. The molecular weight excluding hydrogens is 1770 g/mol. The molecular formula is C136H114N6OS. The van der Waals surface area contributed by atoms with Crippen LogP contribution in [0.15, 0.2) is 478 Å². The summed E-state index contributed by atoms with van der Waals surface area (Å²) in [5, 5.41) is 15.1. The number of benzene rings is 20. The van der Waals surface area contributed by atoms with Gasteiger partial charge in [0.2, 0.25) is 0 Å². The van der Waals surface area contributed by atoms with Crippen LogP contribution in [0.25, 0.3) is 174 Å². The van der Waals surface area contributed by atoms with Crippen molar-refractivity contribution in [3.8, 4) is 45.0 Å². The maximum Gasteiger partial charge on any atom is 0.143 e. The Hall–Kier alpha value is -16.8. The second kappa shape index (κ2) is 37.0. The van der Waals surface area contributed by atoms with Gasteiger partial charge in [0.15, 0.2) is 0 Å². The molecule has 6 heterocycles. The monoisotopic (exact) mass is 1880 g/mol. The molecule has 144 heavy (non-hydrogen) atoms. The summed E-state index contributed by atoms with van der Waals surface area (Å²) < 4.78 is 18.6. The average Bonchev–Trinajstić information content (AvgIpc) is 1.59. The van der Waals surface area contributed by atoms with E-state index in [1.165, 1.54) is 164 Å². The summed E-state index contributed by atoms with van der Waals surface area (Å²) in [7, 11) is 0. The Morgan fingerprint density at radius 2 is 0.486 bits per heavy atom. The number of para-hydroxylation sites is 10. The smallest absolute Gasteiger partial charge is 0.143 e. The second-order valence-electron chi connectivity index (χ2n) is 42.0. The van der Waals surface area contributed by atoms with E-state index in [1.807, 2.05) is 23.5 Å². The lowest BCUT2D eigenvalue weighted by Crippen LogP contribution is -2.11. The fourth-order valence-electron chi connectivity index (χ4n) is 21.2. The summed E-state index contributed by atoms with van der Waals surface area (Å²) in [4.78, 5) is 4.65. The molecule has 26 rings (SSSR count). The highest BCUT2D eigenvalue weighted by molar-refractivity contribution is 7.26. The molecule has 0 unspecified atom stereocenters. The molecule has 0 bridgehead atoms. The first-order valence-corrected chi connectivity index (χ1v) is 51.0. The highest BCUT2D eigenvalue weighted by Gasteiger charge is 2.26. The van der Waals surface area contributed by atoms with Crippen molar-refractivity contribution >= 4 is 175 Å². The van der Waals surface area contributed by atoms with Crippen molar-refractivity contribution in [2.45, 2.75) is 105 Å². The fraction of sp³-hybridized carbons (Fsp3) is 0.118.